The molecule has 0 radical (unpaired) electrons. The number of likely N-dealkylation sites (tertiary alicyclic amines) is 1. The molecule has 22 heavy (non-hydrogen) atoms. The maximum absolute atomic E-state index is 12.7. The molecule has 1 saturated carbocycles. The lowest BCUT2D eigenvalue weighted by Gasteiger charge is -2.37. The van der Waals surface area contributed by atoms with E-state index >= 15 is 0 Å². The summed E-state index contributed by atoms with van der Waals surface area (Å²) in [6.45, 7) is 6.18. The number of hydrogen-bond acceptors (Lipinski definition) is 3. The van der Waals surface area contributed by atoms with Gasteiger partial charge in [0.15, 0.2) is 5.78 Å². The summed E-state index contributed by atoms with van der Waals surface area (Å²) in [6.07, 6.45) is 5.97. The second-order valence-electron chi connectivity index (χ2n) is 7.23. The van der Waals surface area contributed by atoms with Gasteiger partial charge in [0, 0.05) is 18.3 Å². The standard InChI is InChI=1S/C16H29IN2O3/c1-3-12-5-4-11(2)18(9-12)10-16(20)13-6-7-14(17)15(8-13)19(21)22/h11-15,19,21H,3-10H2,1-2H3/p+1. The number of carbonyl (C=O) groups is 1. The Morgan fingerprint density at radius 2 is 2.09 bits per heavy atom. The van der Waals surface area contributed by atoms with E-state index < -0.39 is 5.23 Å². The van der Waals surface area contributed by atoms with Gasteiger partial charge in [-0.2, -0.15) is 0 Å². The Labute approximate surface area is 147 Å². The van der Waals surface area contributed by atoms with Gasteiger partial charge in [-0.05, 0) is 39.0 Å². The number of halogens is 1. The molecular weight excluding hydrogens is 395 g/mol. The van der Waals surface area contributed by atoms with Crippen LogP contribution in [0.4, 0.5) is 0 Å². The van der Waals surface area contributed by atoms with Gasteiger partial charge in [0.2, 0.25) is 0 Å². The topological polar surface area (TPSA) is 69.2 Å². The van der Waals surface area contributed by atoms with E-state index in [0.29, 0.717) is 24.8 Å². The summed E-state index contributed by atoms with van der Waals surface area (Å²) in [5.41, 5.74) is 0. The van der Waals surface area contributed by atoms with Gasteiger partial charge in [-0.3, -0.25) is 4.79 Å². The molecule has 0 bridgehead atoms. The van der Waals surface area contributed by atoms with Gasteiger partial charge in [0.1, 0.15) is 12.6 Å². The van der Waals surface area contributed by atoms with E-state index in [-0.39, 0.29) is 15.9 Å². The summed E-state index contributed by atoms with van der Waals surface area (Å²) >= 11 is 2.24. The largest absolute Gasteiger partial charge is 0.600 e. The van der Waals surface area contributed by atoms with E-state index in [1.54, 1.807) is 0 Å². The smallest absolute Gasteiger partial charge is 0.190 e. The number of hydroxylamine groups is 2. The van der Waals surface area contributed by atoms with E-state index in [4.69, 9.17) is 0 Å². The minimum absolute atomic E-state index is 0.0335. The molecule has 7 unspecified atom stereocenters. The van der Waals surface area contributed by atoms with Crippen molar-refractivity contribution in [1.29, 1.82) is 0 Å². The quantitative estimate of drug-likeness (QED) is 0.339. The summed E-state index contributed by atoms with van der Waals surface area (Å²) in [4.78, 5) is 14.1. The molecule has 2 rings (SSSR count). The highest BCUT2D eigenvalue weighted by Gasteiger charge is 2.38. The molecule has 2 fully saturated rings. The maximum Gasteiger partial charge on any atom is 0.190 e. The Bertz CT molecular complexity index is 380. The average Bonchev–Trinajstić information content (AvgIpc) is 2.49. The fraction of sp³-hybridized carbons (Fsp3) is 0.938. The molecule has 0 aromatic heterocycles. The zero-order valence-electron chi connectivity index (χ0n) is 13.7. The van der Waals surface area contributed by atoms with E-state index in [0.717, 1.165) is 25.3 Å². The fourth-order valence-electron chi connectivity index (χ4n) is 4.01. The van der Waals surface area contributed by atoms with Gasteiger partial charge in [0.25, 0.3) is 0 Å². The lowest BCUT2D eigenvalue weighted by molar-refractivity contribution is -1.07. The molecule has 7 atom stereocenters. The number of nitrogens with one attached hydrogen (secondary N) is 2. The molecule has 6 heteroatoms. The second-order valence-corrected chi connectivity index (χ2v) is 8.83. The first kappa shape index (κ1) is 18.6. The third-order valence-corrected chi connectivity index (χ3v) is 7.26. The Kier molecular flexibility index (Phi) is 7.07. The highest BCUT2D eigenvalue weighted by Crippen LogP contribution is 2.28. The van der Waals surface area contributed by atoms with Crippen LogP contribution in [-0.2, 0) is 4.79 Å². The van der Waals surface area contributed by atoms with E-state index in [1.165, 1.54) is 24.2 Å². The molecule has 0 amide bonds. The molecule has 0 aromatic rings. The molecule has 1 heterocycles. The van der Waals surface area contributed by atoms with Crippen molar-refractivity contribution in [2.75, 3.05) is 13.1 Å². The van der Waals surface area contributed by atoms with Crippen molar-refractivity contribution in [2.24, 2.45) is 11.8 Å². The molecule has 5 nitrogen and oxygen atoms in total. The molecule has 0 aromatic carbocycles. The zero-order valence-corrected chi connectivity index (χ0v) is 15.8. The van der Waals surface area contributed by atoms with Crippen LogP contribution >= 0.6 is 22.6 Å². The molecule has 1 aliphatic carbocycles. The summed E-state index contributed by atoms with van der Waals surface area (Å²) in [6, 6.07) is 0.211. The van der Waals surface area contributed by atoms with Crippen LogP contribution in [0.1, 0.15) is 52.4 Å². The first-order chi connectivity index (χ1) is 10.4. The molecule has 3 N–H and O–H groups in total. The van der Waals surface area contributed by atoms with Crippen molar-refractivity contribution in [3.8, 4) is 0 Å². The number of Topliss-reactive ketones (excluding diaryl/α,β-unsaturated/α-hetero) is 1. The van der Waals surface area contributed by atoms with Crippen molar-refractivity contribution >= 4 is 28.4 Å². The van der Waals surface area contributed by atoms with Crippen LogP contribution in [0.5, 0.6) is 0 Å². The third-order valence-electron chi connectivity index (χ3n) is 5.77. The van der Waals surface area contributed by atoms with E-state index in [2.05, 4.69) is 36.4 Å². The van der Waals surface area contributed by atoms with Gasteiger partial charge < -0.3 is 10.1 Å². The fourth-order valence-corrected chi connectivity index (χ4v) is 4.97. The maximum atomic E-state index is 12.7. The van der Waals surface area contributed by atoms with Crippen LogP contribution in [0.3, 0.4) is 0 Å². The van der Waals surface area contributed by atoms with Crippen LogP contribution in [0.2, 0.25) is 0 Å². The van der Waals surface area contributed by atoms with Gasteiger partial charge in [0.05, 0.1) is 16.5 Å². The summed E-state index contributed by atoms with van der Waals surface area (Å²) in [7, 11) is 0. The minimum Gasteiger partial charge on any atom is -0.600 e. The van der Waals surface area contributed by atoms with Crippen LogP contribution in [0, 0.1) is 17.0 Å². The number of rotatable bonds is 5. The molecule has 0 spiro atoms. The van der Waals surface area contributed by atoms with Crippen molar-refractivity contribution in [2.45, 2.75) is 68.4 Å². The lowest BCUT2D eigenvalue weighted by atomic mass is 9.82. The molecular formula is C16H30IN2O3+. The van der Waals surface area contributed by atoms with Gasteiger partial charge >= 0.3 is 0 Å². The number of ketones is 1. The SMILES string of the molecule is CCC1CCC(C)[NH+](CC(=O)C2CCC(I)C([NH+]([O-])O)C2)C1. The second kappa shape index (κ2) is 8.37. The molecule has 1 aliphatic heterocycles. The summed E-state index contributed by atoms with van der Waals surface area (Å²) in [5, 5.41) is 19.9. The highest BCUT2D eigenvalue weighted by atomic mass is 127. The van der Waals surface area contributed by atoms with Crippen LogP contribution in [0.15, 0.2) is 0 Å². The number of piperidine rings is 1. The van der Waals surface area contributed by atoms with Gasteiger partial charge in [-0.25, -0.2) is 10.4 Å². The third kappa shape index (κ3) is 4.63. The molecule has 1 saturated heterocycles. The van der Waals surface area contributed by atoms with E-state index in [1.807, 2.05) is 0 Å². The Morgan fingerprint density at radius 1 is 1.36 bits per heavy atom. The van der Waals surface area contributed by atoms with Crippen LogP contribution in [-0.4, -0.2) is 40.1 Å². The van der Waals surface area contributed by atoms with Crippen LogP contribution in [0.25, 0.3) is 0 Å². The van der Waals surface area contributed by atoms with Crippen LogP contribution < -0.4 is 10.1 Å². The van der Waals surface area contributed by atoms with Crippen molar-refractivity contribution in [3.05, 3.63) is 5.21 Å². The monoisotopic (exact) mass is 425 g/mol. The Balaban J connectivity index is 1.91. The average molecular weight is 425 g/mol. The predicted octanol–water partition coefficient (Wildman–Crippen LogP) is 0.393. The molecule has 128 valence electrons. The van der Waals surface area contributed by atoms with Crippen molar-refractivity contribution in [3.63, 3.8) is 0 Å². The van der Waals surface area contributed by atoms with Gasteiger partial charge in [-0.15, -0.1) is 0 Å². The number of hydrogen-bond donors (Lipinski definition) is 3. The Morgan fingerprint density at radius 3 is 2.73 bits per heavy atom. The van der Waals surface area contributed by atoms with Crippen molar-refractivity contribution in [1.82, 2.24) is 0 Å². The first-order valence-electron chi connectivity index (χ1n) is 8.66. The van der Waals surface area contributed by atoms with E-state index in [9.17, 15) is 15.2 Å². The molecule has 2 aliphatic rings. The number of carbonyl (C=O) groups excluding carboxylic acids is 1. The first-order valence-corrected chi connectivity index (χ1v) is 9.91. The highest BCUT2D eigenvalue weighted by molar-refractivity contribution is 14.1. The van der Waals surface area contributed by atoms with Crippen molar-refractivity contribution < 1.29 is 20.1 Å². The normalized spacial score (nSPS) is 41.1. The predicted molar refractivity (Wildman–Crippen MR) is 93.2 cm³/mol. The minimum atomic E-state index is -0.735. The Hall–Kier alpha value is 0.240. The van der Waals surface area contributed by atoms with Gasteiger partial charge in [-0.1, -0.05) is 29.5 Å². The summed E-state index contributed by atoms with van der Waals surface area (Å²) < 4.78 is 0.171. The summed E-state index contributed by atoms with van der Waals surface area (Å²) in [5.74, 6) is 1.01. The lowest BCUT2D eigenvalue weighted by Crippen LogP contribution is -3.17. The number of quaternary nitrogens is 2. The zero-order chi connectivity index (χ0) is 16.3. The number of alkyl halides is 1.